The van der Waals surface area contributed by atoms with E-state index in [9.17, 15) is 4.79 Å². The highest BCUT2D eigenvalue weighted by molar-refractivity contribution is 14.0. The zero-order valence-corrected chi connectivity index (χ0v) is 21.4. The summed E-state index contributed by atoms with van der Waals surface area (Å²) in [4.78, 5) is 20.9. The average molecular weight is 548 g/mol. The van der Waals surface area contributed by atoms with Crippen molar-refractivity contribution in [2.75, 3.05) is 51.7 Å². The van der Waals surface area contributed by atoms with Crippen LogP contribution in [0.1, 0.15) is 31.2 Å². The van der Waals surface area contributed by atoms with Gasteiger partial charge in [-0.1, -0.05) is 17.7 Å². The molecule has 0 radical (unpaired) electrons. The minimum absolute atomic E-state index is 0. The van der Waals surface area contributed by atoms with E-state index >= 15 is 0 Å². The van der Waals surface area contributed by atoms with E-state index < -0.39 is 0 Å². The Kier molecular flexibility index (Phi) is 10.0. The first-order valence-corrected chi connectivity index (χ1v) is 11.0. The topological polar surface area (TPSA) is 60.0 Å². The number of carbonyl (C=O) groups excluding carboxylic acids is 1. The molecule has 2 aliphatic heterocycles. The van der Waals surface area contributed by atoms with E-state index in [0.29, 0.717) is 18.3 Å². The summed E-state index contributed by atoms with van der Waals surface area (Å²) in [6.45, 7) is 7.10. The second kappa shape index (κ2) is 12.0. The Labute approximate surface area is 202 Å². The predicted molar refractivity (Wildman–Crippen MR) is 136 cm³/mol. The van der Waals surface area contributed by atoms with Gasteiger partial charge in [-0.15, -0.1) is 24.0 Å². The molecule has 6 nitrogen and oxygen atoms in total. The maximum atomic E-state index is 11.6. The normalized spacial score (nSPS) is 20.1. The number of anilines is 1. The summed E-state index contributed by atoms with van der Waals surface area (Å²) in [6, 6.07) is 6.13. The van der Waals surface area contributed by atoms with Crippen molar-refractivity contribution in [3.05, 3.63) is 28.8 Å². The van der Waals surface area contributed by atoms with Crippen LogP contribution in [-0.4, -0.2) is 63.6 Å². The molecular formula is C22H35ClIN5O. The molecule has 2 fully saturated rings. The number of guanidine groups is 1. The highest BCUT2D eigenvalue weighted by atomic mass is 127. The molecule has 1 amide bonds. The standard InChI is InChI=1S/C22H34ClN5O.HI/c1-16-4-5-19(23)13-20(16)28-11-8-18(15-28)14-26-22(25-3)27-9-6-17(7-10-27)12-21(29)24-2;/h4-5,13,17-18H,6-12,14-15H2,1-3H3,(H,24,29)(H,25,26);1H. The first-order chi connectivity index (χ1) is 14.0. The molecule has 2 heterocycles. The van der Waals surface area contributed by atoms with Crippen molar-refractivity contribution in [1.82, 2.24) is 15.5 Å². The van der Waals surface area contributed by atoms with Crippen molar-refractivity contribution in [2.24, 2.45) is 16.8 Å². The summed E-state index contributed by atoms with van der Waals surface area (Å²) in [6.07, 6.45) is 3.89. The zero-order chi connectivity index (χ0) is 20.8. The number of aryl methyl sites for hydroxylation is 1. The lowest BCUT2D eigenvalue weighted by Crippen LogP contribution is -2.47. The van der Waals surface area contributed by atoms with Gasteiger partial charge in [0.1, 0.15) is 0 Å². The maximum Gasteiger partial charge on any atom is 0.220 e. The number of aliphatic imine (C=N–C) groups is 1. The monoisotopic (exact) mass is 547 g/mol. The van der Waals surface area contributed by atoms with Gasteiger partial charge in [-0.25, -0.2) is 0 Å². The molecular weight excluding hydrogens is 513 g/mol. The van der Waals surface area contributed by atoms with Gasteiger partial charge in [0.25, 0.3) is 0 Å². The van der Waals surface area contributed by atoms with Gasteiger partial charge in [0.2, 0.25) is 5.91 Å². The molecule has 0 saturated carbocycles. The van der Waals surface area contributed by atoms with Crippen LogP contribution in [0, 0.1) is 18.8 Å². The van der Waals surface area contributed by atoms with Crippen LogP contribution in [0.3, 0.4) is 0 Å². The number of nitrogens with zero attached hydrogens (tertiary/aromatic N) is 3. The van der Waals surface area contributed by atoms with Gasteiger partial charge < -0.3 is 20.4 Å². The Balaban J connectivity index is 0.00000320. The Morgan fingerprint density at radius 1 is 1.20 bits per heavy atom. The maximum absolute atomic E-state index is 11.6. The quantitative estimate of drug-likeness (QED) is 0.337. The molecule has 8 heteroatoms. The van der Waals surface area contributed by atoms with Crippen LogP contribution < -0.4 is 15.5 Å². The van der Waals surface area contributed by atoms with E-state index in [4.69, 9.17) is 11.6 Å². The zero-order valence-electron chi connectivity index (χ0n) is 18.3. The lowest BCUT2D eigenvalue weighted by Gasteiger charge is -2.34. The SMILES string of the molecule is CN=C(NCC1CCN(c2cc(Cl)ccc2C)C1)N1CCC(CC(=O)NC)CC1.I. The number of piperidine rings is 1. The number of benzene rings is 1. The molecule has 0 bridgehead atoms. The number of amides is 1. The summed E-state index contributed by atoms with van der Waals surface area (Å²) >= 11 is 6.20. The second-order valence-electron chi connectivity index (χ2n) is 8.27. The van der Waals surface area contributed by atoms with Gasteiger partial charge in [0.15, 0.2) is 5.96 Å². The van der Waals surface area contributed by atoms with Gasteiger partial charge >= 0.3 is 0 Å². The number of likely N-dealkylation sites (tertiary alicyclic amines) is 1. The molecule has 2 aliphatic rings. The Hall–Kier alpha value is -1.22. The summed E-state index contributed by atoms with van der Waals surface area (Å²) in [5.41, 5.74) is 2.53. The van der Waals surface area contributed by atoms with Gasteiger partial charge in [-0.3, -0.25) is 9.79 Å². The number of hydrogen-bond donors (Lipinski definition) is 2. The first-order valence-electron chi connectivity index (χ1n) is 10.7. The van der Waals surface area contributed by atoms with Crippen molar-refractivity contribution in [3.63, 3.8) is 0 Å². The Morgan fingerprint density at radius 3 is 2.57 bits per heavy atom. The fraction of sp³-hybridized carbons (Fsp3) is 0.636. The highest BCUT2D eigenvalue weighted by Gasteiger charge is 2.26. The van der Waals surface area contributed by atoms with Gasteiger partial charge in [0.05, 0.1) is 0 Å². The molecule has 1 unspecified atom stereocenters. The molecule has 3 rings (SSSR count). The molecule has 168 valence electrons. The van der Waals surface area contributed by atoms with Crippen molar-refractivity contribution in [1.29, 1.82) is 0 Å². The van der Waals surface area contributed by atoms with Gasteiger partial charge in [0, 0.05) is 63.9 Å². The van der Waals surface area contributed by atoms with E-state index in [1.165, 1.54) is 17.7 Å². The van der Waals surface area contributed by atoms with Crippen molar-refractivity contribution in [3.8, 4) is 0 Å². The molecule has 30 heavy (non-hydrogen) atoms. The third kappa shape index (κ3) is 6.64. The molecule has 0 aliphatic carbocycles. The summed E-state index contributed by atoms with van der Waals surface area (Å²) < 4.78 is 0. The number of carbonyl (C=O) groups is 1. The van der Waals surface area contributed by atoms with Crippen LogP contribution in [0.25, 0.3) is 0 Å². The molecule has 0 spiro atoms. The fourth-order valence-electron chi connectivity index (χ4n) is 4.42. The van der Waals surface area contributed by atoms with Crippen LogP contribution >= 0.6 is 35.6 Å². The van der Waals surface area contributed by atoms with Crippen LogP contribution in [0.15, 0.2) is 23.2 Å². The van der Waals surface area contributed by atoms with E-state index in [1.807, 2.05) is 13.1 Å². The number of halogens is 2. The van der Waals surface area contributed by atoms with E-state index in [2.05, 4.69) is 44.5 Å². The van der Waals surface area contributed by atoms with Crippen LogP contribution in [0.4, 0.5) is 5.69 Å². The van der Waals surface area contributed by atoms with Crippen molar-refractivity contribution >= 4 is 53.1 Å². The average Bonchev–Trinajstić information content (AvgIpc) is 3.20. The fourth-order valence-corrected chi connectivity index (χ4v) is 4.59. The van der Waals surface area contributed by atoms with Crippen molar-refractivity contribution in [2.45, 2.75) is 32.6 Å². The third-order valence-corrected chi connectivity index (χ3v) is 6.46. The van der Waals surface area contributed by atoms with E-state index in [0.717, 1.165) is 56.5 Å². The molecule has 1 aromatic carbocycles. The summed E-state index contributed by atoms with van der Waals surface area (Å²) in [7, 11) is 3.57. The molecule has 1 atom stereocenters. The van der Waals surface area contributed by atoms with Gasteiger partial charge in [-0.05, 0) is 55.7 Å². The Morgan fingerprint density at radius 2 is 1.90 bits per heavy atom. The third-order valence-electron chi connectivity index (χ3n) is 6.23. The van der Waals surface area contributed by atoms with Crippen molar-refractivity contribution < 1.29 is 4.79 Å². The Bertz CT molecular complexity index is 736. The predicted octanol–water partition coefficient (Wildman–Crippen LogP) is 3.52. The molecule has 1 aromatic rings. The minimum atomic E-state index is 0. The number of nitrogens with one attached hydrogen (secondary N) is 2. The number of hydrogen-bond acceptors (Lipinski definition) is 3. The van der Waals surface area contributed by atoms with E-state index in [-0.39, 0.29) is 29.9 Å². The minimum Gasteiger partial charge on any atom is -0.371 e. The van der Waals surface area contributed by atoms with Gasteiger partial charge in [-0.2, -0.15) is 0 Å². The lowest BCUT2D eigenvalue weighted by molar-refractivity contribution is -0.121. The van der Waals surface area contributed by atoms with E-state index in [1.54, 1.807) is 7.05 Å². The summed E-state index contributed by atoms with van der Waals surface area (Å²) in [5, 5.41) is 7.12. The largest absolute Gasteiger partial charge is 0.371 e. The first kappa shape index (κ1) is 25.0. The molecule has 2 saturated heterocycles. The van der Waals surface area contributed by atoms with Crippen LogP contribution in [0.2, 0.25) is 5.02 Å². The number of rotatable bonds is 5. The lowest BCUT2D eigenvalue weighted by atomic mass is 9.93. The van der Waals surface area contributed by atoms with Crippen LogP contribution in [0.5, 0.6) is 0 Å². The second-order valence-corrected chi connectivity index (χ2v) is 8.70. The molecule has 2 N–H and O–H groups in total. The highest BCUT2D eigenvalue weighted by Crippen LogP contribution is 2.29. The smallest absolute Gasteiger partial charge is 0.220 e. The summed E-state index contributed by atoms with van der Waals surface area (Å²) in [5.74, 6) is 2.21. The van der Waals surface area contributed by atoms with Crippen LogP contribution in [-0.2, 0) is 4.79 Å². The molecule has 0 aromatic heterocycles.